The lowest BCUT2D eigenvalue weighted by Gasteiger charge is -2.19. The van der Waals surface area contributed by atoms with Crippen molar-refractivity contribution < 1.29 is 30.0 Å². The second kappa shape index (κ2) is 5.97. The molecule has 1 aliphatic rings. The van der Waals surface area contributed by atoms with Gasteiger partial charge in [0.05, 0.1) is 17.7 Å². The topological polar surface area (TPSA) is 115 Å². The molecule has 0 bridgehead atoms. The van der Waals surface area contributed by atoms with Crippen LogP contribution in [0.25, 0.3) is 0 Å². The Morgan fingerprint density at radius 1 is 0.864 bits per heavy atom. The lowest BCUT2D eigenvalue weighted by molar-refractivity contribution is 0.0974. The van der Waals surface area contributed by atoms with E-state index in [1.54, 1.807) is 0 Å². The molecule has 0 aliphatic heterocycles. The van der Waals surface area contributed by atoms with Gasteiger partial charge >= 0.3 is 0 Å². The third kappa shape index (κ3) is 2.24. The molecule has 2 aromatic rings. The predicted molar refractivity (Wildman–Crippen MR) is 77.1 cm³/mol. The number of ketones is 2. The average Bonchev–Trinajstić information content (AvgIpc) is 2.53. The van der Waals surface area contributed by atoms with Gasteiger partial charge < -0.3 is 20.4 Å². The van der Waals surface area contributed by atoms with Crippen LogP contribution in [-0.2, 0) is 6.61 Å². The maximum Gasteiger partial charge on any atom is 0.201 e. The van der Waals surface area contributed by atoms with Crippen molar-refractivity contribution in [1.29, 1.82) is 0 Å². The number of phenolic OH excluding ortho intramolecular Hbond substituents is 2. The number of hydrogen-bond donors (Lipinski definition) is 4. The van der Waals surface area contributed by atoms with Gasteiger partial charge in [-0.15, -0.1) is 0 Å². The molecule has 0 heterocycles. The number of aliphatic hydroxyl groups excluding tert-OH is 2. The zero-order valence-electron chi connectivity index (χ0n) is 11.7. The fourth-order valence-corrected chi connectivity index (χ4v) is 2.43. The van der Waals surface area contributed by atoms with E-state index in [0.29, 0.717) is 5.56 Å². The molecule has 4 N–H and O–H groups in total. The van der Waals surface area contributed by atoms with Crippen molar-refractivity contribution in [1.82, 2.24) is 0 Å². The first-order valence-electron chi connectivity index (χ1n) is 6.37. The van der Waals surface area contributed by atoms with Crippen LogP contribution in [0.2, 0.25) is 0 Å². The molecule has 114 valence electrons. The van der Waals surface area contributed by atoms with E-state index in [1.165, 1.54) is 30.3 Å². The highest BCUT2D eigenvalue weighted by Crippen LogP contribution is 2.36. The molecule has 2 aromatic carbocycles. The zero-order valence-corrected chi connectivity index (χ0v) is 11.7. The number of carbonyl (C=O) groups excluding carboxylic acids is 2. The Bertz CT molecular complexity index is 763. The number of benzene rings is 2. The summed E-state index contributed by atoms with van der Waals surface area (Å²) in [7, 11) is 1.00. The summed E-state index contributed by atoms with van der Waals surface area (Å²) >= 11 is 0. The lowest BCUT2D eigenvalue weighted by atomic mass is 9.82. The summed E-state index contributed by atoms with van der Waals surface area (Å²) < 4.78 is 0. The largest absolute Gasteiger partial charge is 0.507 e. The number of aromatic hydroxyl groups is 2. The minimum Gasteiger partial charge on any atom is -0.507 e. The monoisotopic (exact) mass is 302 g/mol. The molecule has 6 nitrogen and oxygen atoms in total. The zero-order chi connectivity index (χ0) is 16.4. The molecule has 1 aliphatic carbocycles. The molecule has 3 rings (SSSR count). The minimum atomic E-state index is -0.602. The van der Waals surface area contributed by atoms with Gasteiger partial charge in [0.25, 0.3) is 0 Å². The molecular weight excluding hydrogens is 288 g/mol. The first kappa shape index (κ1) is 15.7. The molecule has 0 atom stereocenters. The Hall–Kier alpha value is -2.70. The lowest BCUT2D eigenvalue weighted by Crippen LogP contribution is -2.21. The van der Waals surface area contributed by atoms with Crippen LogP contribution in [0, 0.1) is 0 Å². The Morgan fingerprint density at radius 3 is 2.14 bits per heavy atom. The van der Waals surface area contributed by atoms with E-state index in [-0.39, 0.29) is 40.4 Å². The van der Waals surface area contributed by atoms with Crippen molar-refractivity contribution in [2.75, 3.05) is 7.11 Å². The highest BCUT2D eigenvalue weighted by atomic mass is 16.3. The minimum absolute atomic E-state index is 0.0390. The summed E-state index contributed by atoms with van der Waals surface area (Å²) in [5, 5.41) is 35.8. The van der Waals surface area contributed by atoms with Crippen LogP contribution in [0.5, 0.6) is 11.5 Å². The fraction of sp³-hybridized carbons (Fsp3) is 0.125. The molecule has 0 spiro atoms. The van der Waals surface area contributed by atoms with Crippen LogP contribution in [0.1, 0.15) is 37.4 Å². The second-order valence-electron chi connectivity index (χ2n) is 4.55. The van der Waals surface area contributed by atoms with E-state index in [2.05, 4.69) is 0 Å². The van der Waals surface area contributed by atoms with Crippen molar-refractivity contribution in [2.45, 2.75) is 6.61 Å². The second-order valence-corrected chi connectivity index (χ2v) is 4.55. The molecule has 0 fully saturated rings. The van der Waals surface area contributed by atoms with Gasteiger partial charge in [0.15, 0.2) is 5.78 Å². The van der Waals surface area contributed by atoms with Gasteiger partial charge in [-0.2, -0.15) is 0 Å². The Labute approximate surface area is 125 Å². The molecule has 0 saturated carbocycles. The number of hydrogen-bond acceptors (Lipinski definition) is 6. The van der Waals surface area contributed by atoms with E-state index in [0.717, 1.165) is 7.11 Å². The molecule has 0 amide bonds. The van der Waals surface area contributed by atoms with Crippen molar-refractivity contribution in [3.8, 4) is 11.5 Å². The van der Waals surface area contributed by atoms with E-state index < -0.39 is 11.6 Å². The van der Waals surface area contributed by atoms with Crippen molar-refractivity contribution >= 4 is 11.6 Å². The predicted octanol–water partition coefficient (Wildman–Crippen LogP) is 0.974. The fourth-order valence-electron chi connectivity index (χ4n) is 2.43. The van der Waals surface area contributed by atoms with E-state index in [4.69, 9.17) is 10.2 Å². The Balaban J connectivity index is 0.000000847. The summed E-state index contributed by atoms with van der Waals surface area (Å²) in [6.07, 6.45) is 0. The molecule has 6 heteroatoms. The normalized spacial score (nSPS) is 12.1. The van der Waals surface area contributed by atoms with Crippen LogP contribution >= 0.6 is 0 Å². The van der Waals surface area contributed by atoms with Crippen molar-refractivity contribution in [3.05, 3.63) is 58.1 Å². The molecular formula is C16H14O6. The highest BCUT2D eigenvalue weighted by Gasteiger charge is 2.34. The quantitative estimate of drug-likeness (QED) is 0.532. The molecule has 22 heavy (non-hydrogen) atoms. The third-order valence-corrected chi connectivity index (χ3v) is 3.35. The number of rotatable bonds is 1. The van der Waals surface area contributed by atoms with Gasteiger partial charge in [0, 0.05) is 18.2 Å². The van der Waals surface area contributed by atoms with E-state index in [9.17, 15) is 19.8 Å². The third-order valence-electron chi connectivity index (χ3n) is 3.35. The van der Waals surface area contributed by atoms with Crippen LogP contribution in [0.4, 0.5) is 0 Å². The number of carbonyl (C=O) groups is 2. The first-order chi connectivity index (χ1) is 10.5. The molecule has 0 unspecified atom stereocenters. The van der Waals surface area contributed by atoms with Crippen molar-refractivity contribution in [2.24, 2.45) is 0 Å². The van der Waals surface area contributed by atoms with Gasteiger partial charge in [0.2, 0.25) is 5.78 Å². The highest BCUT2D eigenvalue weighted by molar-refractivity contribution is 6.30. The van der Waals surface area contributed by atoms with E-state index >= 15 is 0 Å². The standard InChI is InChI=1S/C15H10O5.CH4O/c16-6-7-4-9-13(11(18)5-7)15(20)12-8(14(9)19)2-1-3-10(12)17;1-2/h1-5,16-18H,6H2;2H,1H3. The summed E-state index contributed by atoms with van der Waals surface area (Å²) in [4.78, 5) is 24.7. The average molecular weight is 302 g/mol. The van der Waals surface area contributed by atoms with E-state index in [1.807, 2.05) is 0 Å². The maximum absolute atomic E-state index is 12.4. The Kier molecular flexibility index (Phi) is 4.25. The van der Waals surface area contributed by atoms with Gasteiger partial charge in [0.1, 0.15) is 11.5 Å². The first-order valence-corrected chi connectivity index (χ1v) is 6.37. The SMILES string of the molecule is CO.O=C1c2cccc(O)c2C(=O)c2c(O)cc(CO)cc21. The number of fused-ring (bicyclic) bond motifs is 2. The van der Waals surface area contributed by atoms with Gasteiger partial charge in [-0.1, -0.05) is 12.1 Å². The van der Waals surface area contributed by atoms with Crippen molar-refractivity contribution in [3.63, 3.8) is 0 Å². The smallest absolute Gasteiger partial charge is 0.201 e. The molecule has 0 radical (unpaired) electrons. The van der Waals surface area contributed by atoms with Gasteiger partial charge in [-0.05, 0) is 23.8 Å². The summed E-state index contributed by atoms with van der Waals surface area (Å²) in [5.74, 6) is -1.73. The summed E-state index contributed by atoms with van der Waals surface area (Å²) in [6, 6.07) is 6.84. The summed E-state index contributed by atoms with van der Waals surface area (Å²) in [6.45, 7) is -0.352. The van der Waals surface area contributed by atoms with Gasteiger partial charge in [-0.3, -0.25) is 9.59 Å². The van der Waals surface area contributed by atoms with Crippen LogP contribution in [0.3, 0.4) is 0 Å². The number of aliphatic hydroxyl groups is 2. The van der Waals surface area contributed by atoms with Crippen LogP contribution < -0.4 is 0 Å². The summed E-state index contributed by atoms with van der Waals surface area (Å²) in [5.41, 5.74) is 0.235. The van der Waals surface area contributed by atoms with Gasteiger partial charge in [-0.25, -0.2) is 0 Å². The van der Waals surface area contributed by atoms with Crippen LogP contribution in [-0.4, -0.2) is 39.1 Å². The molecule has 0 aromatic heterocycles. The Morgan fingerprint density at radius 2 is 1.50 bits per heavy atom. The molecule has 0 saturated heterocycles. The maximum atomic E-state index is 12.4. The number of phenols is 2. The van der Waals surface area contributed by atoms with Crippen LogP contribution in [0.15, 0.2) is 30.3 Å².